The molecule has 0 radical (unpaired) electrons. The van der Waals surface area contributed by atoms with Crippen molar-refractivity contribution in [3.63, 3.8) is 0 Å². The fourth-order valence-electron chi connectivity index (χ4n) is 3.23. The van der Waals surface area contributed by atoms with E-state index >= 15 is 0 Å². The Balaban J connectivity index is 1.64. The first-order valence-corrected chi connectivity index (χ1v) is 9.17. The van der Waals surface area contributed by atoms with Crippen LogP contribution in [-0.2, 0) is 0 Å². The molecule has 3 aromatic carbocycles. The van der Waals surface area contributed by atoms with Crippen molar-refractivity contribution in [3.8, 4) is 40.2 Å². The molecule has 0 bridgehead atoms. The molecule has 164 valence electrons. The normalized spacial score (nSPS) is 17.3. The Morgan fingerprint density at radius 3 is 2.25 bits per heavy atom. The number of phenols is 5. The predicted octanol–water partition coefficient (Wildman–Crippen LogP) is 2.11. The third-order valence-corrected chi connectivity index (χ3v) is 4.86. The predicted molar refractivity (Wildman–Crippen MR) is 106 cm³/mol. The Morgan fingerprint density at radius 1 is 0.875 bits per heavy atom. The zero-order valence-corrected chi connectivity index (χ0v) is 16.1. The molecule has 1 heterocycles. The maximum atomic E-state index is 12.5. The quantitative estimate of drug-likeness (QED) is 0.201. The van der Waals surface area contributed by atoms with Gasteiger partial charge in [0.2, 0.25) is 0 Å². The summed E-state index contributed by atoms with van der Waals surface area (Å²) in [5, 5.41) is 58.7. The standard InChI is InChI=1S/C22H16O10/c23-11-2-3-12-16(8-11)31-21(20(29)18(12)27)9-1-4-13(24)17(7-9)32-22(30)10-5-14(25)19(28)15(26)6-10/h1-8,20-21,23-26,28-29H/t20-,21+/m0/s1. The van der Waals surface area contributed by atoms with Gasteiger partial charge in [-0.15, -0.1) is 0 Å². The number of aliphatic hydroxyl groups excluding tert-OH is 1. The molecule has 10 heteroatoms. The first kappa shape index (κ1) is 20.8. The molecule has 3 aromatic rings. The first-order chi connectivity index (χ1) is 15.2. The molecular weight excluding hydrogens is 424 g/mol. The second-order valence-corrected chi connectivity index (χ2v) is 7.01. The zero-order valence-electron chi connectivity index (χ0n) is 16.1. The topological polar surface area (TPSA) is 174 Å². The van der Waals surface area contributed by atoms with Gasteiger partial charge in [0.05, 0.1) is 11.1 Å². The largest absolute Gasteiger partial charge is 0.508 e. The van der Waals surface area contributed by atoms with Crippen molar-refractivity contribution in [1.29, 1.82) is 0 Å². The average molecular weight is 440 g/mol. The Morgan fingerprint density at radius 2 is 1.56 bits per heavy atom. The summed E-state index contributed by atoms with van der Waals surface area (Å²) in [6.45, 7) is 0. The van der Waals surface area contributed by atoms with E-state index in [0.29, 0.717) is 0 Å². The first-order valence-electron chi connectivity index (χ1n) is 9.17. The van der Waals surface area contributed by atoms with E-state index in [2.05, 4.69) is 0 Å². The molecule has 1 aliphatic heterocycles. The molecule has 32 heavy (non-hydrogen) atoms. The van der Waals surface area contributed by atoms with Crippen molar-refractivity contribution in [1.82, 2.24) is 0 Å². The summed E-state index contributed by atoms with van der Waals surface area (Å²) in [6, 6.07) is 9.20. The lowest BCUT2D eigenvalue weighted by molar-refractivity contribution is 0.0214. The fourth-order valence-corrected chi connectivity index (χ4v) is 3.23. The number of aliphatic hydroxyl groups is 1. The Hall–Kier alpha value is -4.44. The van der Waals surface area contributed by atoms with E-state index in [-0.39, 0.29) is 33.9 Å². The second kappa shape index (κ2) is 7.67. The highest BCUT2D eigenvalue weighted by molar-refractivity contribution is 6.03. The van der Waals surface area contributed by atoms with Gasteiger partial charge in [-0.1, -0.05) is 6.07 Å². The van der Waals surface area contributed by atoms with Crippen LogP contribution in [-0.4, -0.2) is 48.5 Å². The monoisotopic (exact) mass is 440 g/mol. The number of ether oxygens (including phenoxy) is 2. The highest BCUT2D eigenvalue weighted by Crippen LogP contribution is 2.40. The summed E-state index contributed by atoms with van der Waals surface area (Å²) >= 11 is 0. The number of aromatic hydroxyl groups is 5. The van der Waals surface area contributed by atoms with Crippen molar-refractivity contribution in [3.05, 3.63) is 65.2 Å². The van der Waals surface area contributed by atoms with Crippen molar-refractivity contribution >= 4 is 11.8 Å². The summed E-state index contributed by atoms with van der Waals surface area (Å²) in [7, 11) is 0. The molecule has 0 amide bonds. The minimum atomic E-state index is -1.61. The van der Waals surface area contributed by atoms with Crippen molar-refractivity contribution in [2.24, 2.45) is 0 Å². The minimum absolute atomic E-state index is 0.0481. The van der Waals surface area contributed by atoms with Crippen LogP contribution in [0.4, 0.5) is 0 Å². The van der Waals surface area contributed by atoms with Gasteiger partial charge in [-0.05, 0) is 42.0 Å². The number of hydrogen-bond donors (Lipinski definition) is 6. The number of carbonyl (C=O) groups excluding carboxylic acids is 2. The molecule has 1 aliphatic rings. The van der Waals surface area contributed by atoms with Gasteiger partial charge in [0, 0.05) is 6.07 Å². The molecular formula is C22H16O10. The van der Waals surface area contributed by atoms with Gasteiger partial charge in [-0.2, -0.15) is 0 Å². The van der Waals surface area contributed by atoms with Crippen LogP contribution in [0.5, 0.6) is 40.2 Å². The van der Waals surface area contributed by atoms with Gasteiger partial charge in [0.15, 0.2) is 46.7 Å². The smallest absolute Gasteiger partial charge is 0.343 e. The van der Waals surface area contributed by atoms with Crippen LogP contribution in [0.25, 0.3) is 0 Å². The van der Waals surface area contributed by atoms with Crippen LogP contribution in [0.15, 0.2) is 48.5 Å². The molecule has 0 spiro atoms. The van der Waals surface area contributed by atoms with Crippen LogP contribution < -0.4 is 9.47 Å². The van der Waals surface area contributed by atoms with Crippen LogP contribution >= 0.6 is 0 Å². The molecule has 6 N–H and O–H groups in total. The summed E-state index contributed by atoms with van der Waals surface area (Å²) in [4.78, 5) is 24.9. The third-order valence-electron chi connectivity index (χ3n) is 4.86. The van der Waals surface area contributed by atoms with Crippen molar-refractivity contribution < 1.29 is 49.7 Å². The van der Waals surface area contributed by atoms with Crippen molar-refractivity contribution in [2.45, 2.75) is 12.2 Å². The Bertz CT molecular complexity index is 1230. The molecule has 0 unspecified atom stereocenters. The third kappa shape index (κ3) is 3.59. The molecule has 4 rings (SSSR count). The van der Waals surface area contributed by atoms with Crippen LogP contribution in [0, 0.1) is 0 Å². The summed E-state index contributed by atoms with van der Waals surface area (Å²) < 4.78 is 10.8. The highest BCUT2D eigenvalue weighted by Gasteiger charge is 2.37. The second-order valence-electron chi connectivity index (χ2n) is 7.01. The van der Waals surface area contributed by atoms with E-state index in [0.717, 1.165) is 18.2 Å². The number of carbonyl (C=O) groups is 2. The van der Waals surface area contributed by atoms with Gasteiger partial charge < -0.3 is 40.1 Å². The molecule has 0 saturated heterocycles. The average Bonchev–Trinajstić information content (AvgIpc) is 2.75. The van der Waals surface area contributed by atoms with Gasteiger partial charge in [-0.3, -0.25) is 4.79 Å². The van der Waals surface area contributed by atoms with E-state index in [9.17, 15) is 40.2 Å². The van der Waals surface area contributed by atoms with Crippen molar-refractivity contribution in [2.75, 3.05) is 0 Å². The van der Waals surface area contributed by atoms with E-state index in [1.165, 1.54) is 30.3 Å². The van der Waals surface area contributed by atoms with Gasteiger partial charge in [0.1, 0.15) is 11.5 Å². The van der Waals surface area contributed by atoms with Crippen LogP contribution in [0.2, 0.25) is 0 Å². The molecule has 0 aliphatic carbocycles. The summed E-state index contributed by atoms with van der Waals surface area (Å²) in [5.41, 5.74) is -0.0584. The van der Waals surface area contributed by atoms with E-state index in [1.807, 2.05) is 0 Å². The van der Waals surface area contributed by atoms with E-state index < -0.39 is 47.0 Å². The maximum absolute atomic E-state index is 12.5. The van der Waals surface area contributed by atoms with Gasteiger partial charge >= 0.3 is 5.97 Å². The number of hydrogen-bond acceptors (Lipinski definition) is 10. The lowest BCUT2D eigenvalue weighted by Crippen LogP contribution is -2.36. The molecule has 10 nitrogen and oxygen atoms in total. The Kier molecular flexibility index (Phi) is 4.99. The lowest BCUT2D eigenvalue weighted by atomic mass is 9.93. The SMILES string of the molecule is O=C(Oc1cc([C@H]2Oc3cc(O)ccc3C(=O)[C@@H]2O)ccc1O)c1cc(O)c(O)c(O)c1. The summed E-state index contributed by atoms with van der Waals surface area (Å²) in [5.74, 6) is -4.96. The number of benzene rings is 3. The Labute approximate surface area is 179 Å². The molecule has 0 fully saturated rings. The molecule has 0 saturated carbocycles. The maximum Gasteiger partial charge on any atom is 0.343 e. The van der Waals surface area contributed by atoms with Crippen LogP contribution in [0.3, 0.4) is 0 Å². The van der Waals surface area contributed by atoms with Gasteiger partial charge in [0.25, 0.3) is 0 Å². The molecule has 0 aromatic heterocycles. The number of esters is 1. The molecule has 2 atom stereocenters. The van der Waals surface area contributed by atoms with E-state index in [4.69, 9.17) is 9.47 Å². The van der Waals surface area contributed by atoms with E-state index in [1.54, 1.807) is 0 Å². The number of rotatable bonds is 3. The summed E-state index contributed by atoms with van der Waals surface area (Å²) in [6.07, 6.45) is -2.83. The lowest BCUT2D eigenvalue weighted by Gasteiger charge is -2.30. The van der Waals surface area contributed by atoms with Gasteiger partial charge in [-0.25, -0.2) is 4.79 Å². The fraction of sp³-hybridized carbons (Fsp3) is 0.0909. The number of ketones is 1. The highest BCUT2D eigenvalue weighted by atomic mass is 16.5. The zero-order chi connectivity index (χ0) is 23.2. The van der Waals surface area contributed by atoms with Crippen LogP contribution in [0.1, 0.15) is 32.4 Å². The number of phenolic OH excluding ortho intramolecular Hbond substituents is 5. The minimum Gasteiger partial charge on any atom is -0.508 e. The number of fused-ring (bicyclic) bond motifs is 1. The number of Topliss-reactive ketones (excluding diaryl/α,β-unsaturated/α-hetero) is 1.